The monoisotopic (exact) mass is 857 g/mol. The van der Waals surface area contributed by atoms with E-state index < -0.39 is 6.10 Å². The highest BCUT2D eigenvalue weighted by molar-refractivity contribution is 5.71. The number of hydrogen-bond donors (Lipinski definition) is 0. The van der Waals surface area contributed by atoms with Gasteiger partial charge in [-0.1, -0.05) is 218 Å². The molecule has 0 aliphatic heterocycles. The van der Waals surface area contributed by atoms with Crippen molar-refractivity contribution in [3.8, 4) is 0 Å². The molecule has 0 aromatic carbocycles. The number of carbonyl (C=O) groups excluding carboxylic acids is 3. The van der Waals surface area contributed by atoms with Crippen molar-refractivity contribution in [2.75, 3.05) is 13.2 Å². The van der Waals surface area contributed by atoms with E-state index in [-0.39, 0.29) is 31.1 Å². The Kier molecular flexibility index (Phi) is 48.3. The molecule has 1 atom stereocenters. The second kappa shape index (κ2) is 50.3. The molecule has 0 fully saturated rings. The van der Waals surface area contributed by atoms with Crippen LogP contribution in [0.2, 0.25) is 0 Å². The van der Waals surface area contributed by atoms with E-state index >= 15 is 0 Å². The molecule has 0 aromatic rings. The van der Waals surface area contributed by atoms with Crippen LogP contribution in [0, 0.1) is 0 Å². The van der Waals surface area contributed by atoms with Crippen LogP contribution in [0.5, 0.6) is 0 Å². The van der Waals surface area contributed by atoms with Crippen LogP contribution in [-0.2, 0) is 28.6 Å². The predicted molar refractivity (Wildman–Crippen MR) is 261 cm³/mol. The van der Waals surface area contributed by atoms with E-state index in [2.05, 4.69) is 57.2 Å². The number of rotatable bonds is 48. The summed E-state index contributed by atoms with van der Waals surface area (Å²) in [6.07, 6.45) is 58.5. The van der Waals surface area contributed by atoms with Crippen LogP contribution in [0.15, 0.2) is 36.5 Å². The predicted octanol–water partition coefficient (Wildman–Crippen LogP) is 17.3. The fourth-order valence-electron chi connectivity index (χ4n) is 7.59. The highest BCUT2D eigenvalue weighted by atomic mass is 16.6. The smallest absolute Gasteiger partial charge is 0.306 e. The Morgan fingerprint density at radius 2 is 0.590 bits per heavy atom. The van der Waals surface area contributed by atoms with Gasteiger partial charge in [0.25, 0.3) is 0 Å². The van der Waals surface area contributed by atoms with E-state index in [9.17, 15) is 14.4 Å². The van der Waals surface area contributed by atoms with Gasteiger partial charge in [-0.25, -0.2) is 0 Å². The summed E-state index contributed by atoms with van der Waals surface area (Å²) >= 11 is 0. The normalized spacial score (nSPS) is 12.2. The number of esters is 3. The van der Waals surface area contributed by atoms with Gasteiger partial charge < -0.3 is 14.2 Å². The van der Waals surface area contributed by atoms with Crippen LogP contribution >= 0.6 is 0 Å². The van der Waals surface area contributed by atoms with Gasteiger partial charge in [0.2, 0.25) is 0 Å². The average molecular weight is 857 g/mol. The highest BCUT2D eigenvalue weighted by Gasteiger charge is 2.19. The Hall–Kier alpha value is -2.37. The molecule has 0 N–H and O–H groups in total. The van der Waals surface area contributed by atoms with Crippen LogP contribution < -0.4 is 0 Å². The van der Waals surface area contributed by atoms with E-state index in [1.54, 1.807) is 0 Å². The molecule has 0 rings (SSSR count). The van der Waals surface area contributed by atoms with Crippen molar-refractivity contribution >= 4 is 17.9 Å². The zero-order valence-corrected chi connectivity index (χ0v) is 40.7. The van der Waals surface area contributed by atoms with Gasteiger partial charge in [0, 0.05) is 19.3 Å². The lowest BCUT2D eigenvalue weighted by Crippen LogP contribution is -2.30. The van der Waals surface area contributed by atoms with Gasteiger partial charge in [0.15, 0.2) is 6.10 Å². The van der Waals surface area contributed by atoms with E-state index in [0.29, 0.717) is 19.3 Å². The maximum atomic E-state index is 12.8. The summed E-state index contributed by atoms with van der Waals surface area (Å²) in [5.74, 6) is -0.880. The van der Waals surface area contributed by atoms with Crippen molar-refractivity contribution in [3.05, 3.63) is 36.5 Å². The maximum Gasteiger partial charge on any atom is 0.306 e. The summed E-state index contributed by atoms with van der Waals surface area (Å²) < 4.78 is 16.8. The average Bonchev–Trinajstić information content (AvgIpc) is 3.26. The molecule has 0 amide bonds. The first-order chi connectivity index (χ1) is 30.0. The third-order valence-electron chi connectivity index (χ3n) is 11.6. The highest BCUT2D eigenvalue weighted by Crippen LogP contribution is 2.15. The molecule has 0 heterocycles. The van der Waals surface area contributed by atoms with E-state index in [1.807, 2.05) is 0 Å². The van der Waals surface area contributed by atoms with Crippen LogP contribution in [0.3, 0.4) is 0 Å². The molecule has 6 nitrogen and oxygen atoms in total. The molecule has 0 radical (unpaired) electrons. The summed E-state index contributed by atoms with van der Waals surface area (Å²) in [6.45, 7) is 6.60. The zero-order chi connectivity index (χ0) is 44.4. The largest absolute Gasteiger partial charge is 0.462 e. The number of allylic oxidation sites excluding steroid dienone is 6. The number of ether oxygens (including phenoxy) is 3. The topological polar surface area (TPSA) is 78.9 Å². The quantitative estimate of drug-likeness (QED) is 0.0262. The van der Waals surface area contributed by atoms with Crippen molar-refractivity contribution in [2.24, 2.45) is 0 Å². The minimum absolute atomic E-state index is 0.0742. The van der Waals surface area contributed by atoms with Crippen molar-refractivity contribution in [2.45, 2.75) is 284 Å². The van der Waals surface area contributed by atoms with Gasteiger partial charge >= 0.3 is 17.9 Å². The lowest BCUT2D eigenvalue weighted by molar-refractivity contribution is -0.167. The minimum Gasteiger partial charge on any atom is -0.462 e. The van der Waals surface area contributed by atoms with Gasteiger partial charge in [-0.2, -0.15) is 0 Å². The molecule has 0 aliphatic rings. The molecular formula is C55H100O6. The Bertz CT molecular complexity index is 1030. The standard InChI is InChI=1S/C55H100O6/c1-4-7-10-13-16-19-22-24-25-26-27-28-29-30-31-32-34-36-39-42-45-48-54(57)60-51-52(50-59-53(56)47-44-41-38-35-21-18-15-12-9-6-3)61-55(58)49-46-43-40-37-33-23-20-17-14-11-8-5-2/h17,20,22,24,26-27,52H,4-16,18-19,21,23,25,28-51H2,1-3H3/b20-17-,24-22-,27-26-. The van der Waals surface area contributed by atoms with Crippen LogP contribution in [0.1, 0.15) is 278 Å². The SMILES string of the molecule is CCCCC/C=C\CCCCCCCC(=O)OC(COC(=O)CCCCCCCCCCCC)COC(=O)CCCCCCCCCCC/C=C\C/C=C\CCCCCCC. The maximum absolute atomic E-state index is 12.8. The van der Waals surface area contributed by atoms with Crippen LogP contribution in [0.4, 0.5) is 0 Å². The Morgan fingerprint density at radius 3 is 0.951 bits per heavy atom. The van der Waals surface area contributed by atoms with E-state index in [0.717, 1.165) is 77.0 Å². The fourth-order valence-corrected chi connectivity index (χ4v) is 7.59. The lowest BCUT2D eigenvalue weighted by atomic mass is 10.1. The van der Waals surface area contributed by atoms with Gasteiger partial charge in [-0.3, -0.25) is 14.4 Å². The summed E-state index contributed by atoms with van der Waals surface area (Å²) in [6, 6.07) is 0. The summed E-state index contributed by atoms with van der Waals surface area (Å²) in [5, 5.41) is 0. The third-order valence-corrected chi connectivity index (χ3v) is 11.6. The molecule has 61 heavy (non-hydrogen) atoms. The molecule has 1 unspecified atom stereocenters. The van der Waals surface area contributed by atoms with Crippen molar-refractivity contribution < 1.29 is 28.6 Å². The van der Waals surface area contributed by atoms with Crippen molar-refractivity contribution in [1.29, 1.82) is 0 Å². The Morgan fingerprint density at radius 1 is 0.328 bits per heavy atom. The van der Waals surface area contributed by atoms with Gasteiger partial charge in [0.1, 0.15) is 13.2 Å². The number of unbranched alkanes of at least 4 members (excludes halogenated alkanes) is 31. The minimum atomic E-state index is -0.773. The first kappa shape index (κ1) is 58.6. The number of hydrogen-bond acceptors (Lipinski definition) is 6. The molecule has 0 aromatic heterocycles. The van der Waals surface area contributed by atoms with Crippen LogP contribution in [0.25, 0.3) is 0 Å². The second-order valence-corrected chi connectivity index (χ2v) is 17.8. The molecule has 0 saturated heterocycles. The first-order valence-corrected chi connectivity index (χ1v) is 26.5. The van der Waals surface area contributed by atoms with Crippen LogP contribution in [-0.4, -0.2) is 37.2 Å². The fraction of sp³-hybridized carbons (Fsp3) is 0.836. The van der Waals surface area contributed by atoms with Crippen molar-refractivity contribution in [1.82, 2.24) is 0 Å². The van der Waals surface area contributed by atoms with Gasteiger partial charge in [-0.15, -0.1) is 0 Å². The van der Waals surface area contributed by atoms with Gasteiger partial charge in [-0.05, 0) is 77.0 Å². The molecule has 0 bridgehead atoms. The summed E-state index contributed by atoms with van der Waals surface area (Å²) in [5.41, 5.74) is 0. The Labute approximate surface area is 378 Å². The van der Waals surface area contributed by atoms with Gasteiger partial charge in [0.05, 0.1) is 0 Å². The van der Waals surface area contributed by atoms with E-state index in [4.69, 9.17) is 14.2 Å². The molecule has 0 saturated carbocycles. The molecular weight excluding hydrogens is 757 g/mol. The molecule has 6 heteroatoms. The zero-order valence-electron chi connectivity index (χ0n) is 40.7. The number of carbonyl (C=O) groups is 3. The lowest BCUT2D eigenvalue weighted by Gasteiger charge is -2.18. The van der Waals surface area contributed by atoms with Crippen molar-refractivity contribution in [3.63, 3.8) is 0 Å². The third kappa shape index (κ3) is 48.5. The first-order valence-electron chi connectivity index (χ1n) is 26.5. The molecule has 0 aliphatic carbocycles. The molecule has 356 valence electrons. The second-order valence-electron chi connectivity index (χ2n) is 17.8. The summed E-state index contributed by atoms with van der Waals surface area (Å²) in [4.78, 5) is 37.9. The Balaban J connectivity index is 4.26. The molecule has 0 spiro atoms. The summed E-state index contributed by atoms with van der Waals surface area (Å²) in [7, 11) is 0. The van der Waals surface area contributed by atoms with E-state index in [1.165, 1.54) is 161 Å².